The van der Waals surface area contributed by atoms with Crippen LogP contribution in [0.2, 0.25) is 0 Å². The second-order valence-corrected chi connectivity index (χ2v) is 5.59. The van der Waals surface area contributed by atoms with E-state index in [-0.39, 0.29) is 5.56 Å². The highest BCUT2D eigenvalue weighted by molar-refractivity contribution is 8.00. The number of anilines is 2. The molecule has 0 atom stereocenters. The summed E-state index contributed by atoms with van der Waals surface area (Å²) in [5.74, 6) is -0.989. The van der Waals surface area contributed by atoms with Crippen molar-refractivity contribution in [3.8, 4) is 0 Å². The fourth-order valence-corrected chi connectivity index (χ4v) is 2.48. The lowest BCUT2D eigenvalue weighted by Gasteiger charge is -2.16. The van der Waals surface area contributed by atoms with Crippen molar-refractivity contribution in [3.63, 3.8) is 0 Å². The summed E-state index contributed by atoms with van der Waals surface area (Å²) in [5.41, 5.74) is 7.01. The number of hydrogen-bond donors (Lipinski definition) is 3. The molecule has 1 saturated carbocycles. The molecular formula is C12H16N2O2S. The van der Waals surface area contributed by atoms with Gasteiger partial charge >= 0.3 is 5.97 Å². The topological polar surface area (TPSA) is 75.3 Å². The van der Waals surface area contributed by atoms with Gasteiger partial charge in [0, 0.05) is 11.3 Å². The van der Waals surface area contributed by atoms with E-state index in [1.165, 1.54) is 18.9 Å². The summed E-state index contributed by atoms with van der Waals surface area (Å²) in [6.45, 7) is 0.835. The third kappa shape index (κ3) is 2.49. The predicted molar refractivity (Wildman–Crippen MR) is 71.8 cm³/mol. The van der Waals surface area contributed by atoms with Crippen LogP contribution in [0, 0.1) is 0 Å². The normalized spacial score (nSPS) is 16.5. The molecule has 5 heteroatoms. The van der Waals surface area contributed by atoms with Crippen LogP contribution < -0.4 is 11.1 Å². The van der Waals surface area contributed by atoms with E-state index in [1.54, 1.807) is 6.07 Å². The lowest BCUT2D eigenvalue weighted by atomic mass is 10.1. The zero-order chi connectivity index (χ0) is 12.5. The maximum Gasteiger partial charge on any atom is 0.337 e. The summed E-state index contributed by atoms with van der Waals surface area (Å²) >= 11 is 1.85. The third-order valence-corrected chi connectivity index (χ3v) is 4.60. The number of benzene rings is 1. The smallest absolute Gasteiger partial charge is 0.337 e. The van der Waals surface area contributed by atoms with E-state index in [4.69, 9.17) is 10.8 Å². The third-order valence-electron chi connectivity index (χ3n) is 3.18. The summed E-state index contributed by atoms with van der Waals surface area (Å²) in [6, 6.07) is 5.04. The number of rotatable bonds is 5. The van der Waals surface area contributed by atoms with E-state index < -0.39 is 5.97 Å². The number of nitrogens with two attached hydrogens (primary N) is 1. The van der Waals surface area contributed by atoms with Gasteiger partial charge in [-0.05, 0) is 31.2 Å². The highest BCUT2D eigenvalue weighted by Crippen LogP contribution is 2.47. The van der Waals surface area contributed by atoms with Gasteiger partial charge in [-0.2, -0.15) is 11.8 Å². The maximum absolute atomic E-state index is 10.9. The molecule has 0 saturated heterocycles. The molecule has 0 radical (unpaired) electrons. The van der Waals surface area contributed by atoms with Gasteiger partial charge in [0.05, 0.1) is 16.9 Å². The monoisotopic (exact) mass is 252 g/mol. The molecule has 1 fully saturated rings. The van der Waals surface area contributed by atoms with Crippen molar-refractivity contribution in [2.45, 2.75) is 17.6 Å². The first-order valence-electron chi connectivity index (χ1n) is 5.49. The van der Waals surface area contributed by atoms with Crippen LogP contribution in [0.15, 0.2) is 18.2 Å². The number of thioether (sulfide) groups is 1. The number of hydrogen-bond acceptors (Lipinski definition) is 4. The Morgan fingerprint density at radius 2 is 2.29 bits per heavy atom. The van der Waals surface area contributed by atoms with Crippen LogP contribution in [-0.4, -0.2) is 28.6 Å². The molecule has 1 aromatic rings. The van der Waals surface area contributed by atoms with Gasteiger partial charge in [-0.25, -0.2) is 4.79 Å². The Hall–Kier alpha value is -1.36. The Bertz CT molecular complexity index is 444. The zero-order valence-electron chi connectivity index (χ0n) is 9.69. The number of carboxylic acid groups (broad SMARTS) is 1. The van der Waals surface area contributed by atoms with E-state index in [1.807, 2.05) is 17.8 Å². The molecule has 0 bridgehead atoms. The van der Waals surface area contributed by atoms with Gasteiger partial charge in [-0.3, -0.25) is 0 Å². The van der Waals surface area contributed by atoms with Gasteiger partial charge in [0.25, 0.3) is 0 Å². The van der Waals surface area contributed by atoms with Gasteiger partial charge in [-0.15, -0.1) is 0 Å². The highest BCUT2D eigenvalue weighted by atomic mass is 32.2. The van der Waals surface area contributed by atoms with Crippen LogP contribution in [0.25, 0.3) is 0 Å². The summed E-state index contributed by atoms with van der Waals surface area (Å²) < 4.78 is 0.325. The molecule has 0 aromatic heterocycles. The number of carboxylic acids is 1. The maximum atomic E-state index is 10.9. The van der Waals surface area contributed by atoms with Crippen LogP contribution in [-0.2, 0) is 0 Å². The first-order chi connectivity index (χ1) is 8.08. The summed E-state index contributed by atoms with van der Waals surface area (Å²) in [7, 11) is 0. The minimum Gasteiger partial charge on any atom is -0.478 e. The van der Waals surface area contributed by atoms with Crippen molar-refractivity contribution in [3.05, 3.63) is 23.8 Å². The molecule has 17 heavy (non-hydrogen) atoms. The van der Waals surface area contributed by atoms with Crippen LogP contribution >= 0.6 is 11.8 Å². The second-order valence-electron chi connectivity index (χ2n) is 4.31. The van der Waals surface area contributed by atoms with Gasteiger partial charge in [-0.1, -0.05) is 6.07 Å². The molecule has 2 rings (SSSR count). The molecule has 0 amide bonds. The summed E-state index contributed by atoms with van der Waals surface area (Å²) in [4.78, 5) is 10.9. The SMILES string of the molecule is CSC1(CNc2cccc(C(=O)O)c2N)CC1. The van der Waals surface area contributed by atoms with Crippen LogP contribution in [0.4, 0.5) is 11.4 Å². The Balaban J connectivity index is 2.11. The first-order valence-corrected chi connectivity index (χ1v) is 6.71. The fraction of sp³-hybridized carbons (Fsp3) is 0.417. The summed E-state index contributed by atoms with van der Waals surface area (Å²) in [5, 5.41) is 12.2. The Morgan fingerprint density at radius 1 is 1.59 bits per heavy atom. The molecule has 1 aliphatic rings. The fourth-order valence-electron chi connectivity index (χ4n) is 1.75. The van der Waals surface area contributed by atoms with Gasteiger partial charge < -0.3 is 16.2 Å². The molecule has 0 unspecified atom stereocenters. The van der Waals surface area contributed by atoms with Crippen LogP contribution in [0.3, 0.4) is 0 Å². The standard InChI is InChI=1S/C12H16N2O2S/c1-17-12(5-6-12)7-14-9-4-2-3-8(10(9)13)11(15)16/h2-4,14H,5-7,13H2,1H3,(H,15,16). The predicted octanol–water partition coefficient (Wildman–Crippen LogP) is 2.27. The Labute approximate surface area is 105 Å². The molecule has 0 heterocycles. The van der Waals surface area contributed by atoms with Crippen molar-refractivity contribution in [2.75, 3.05) is 23.9 Å². The van der Waals surface area contributed by atoms with Crippen molar-refractivity contribution >= 4 is 29.1 Å². The Kier molecular flexibility index (Phi) is 3.19. The Morgan fingerprint density at radius 3 is 2.82 bits per heavy atom. The molecule has 4 nitrogen and oxygen atoms in total. The van der Waals surface area contributed by atoms with Gasteiger partial charge in [0.1, 0.15) is 0 Å². The largest absolute Gasteiger partial charge is 0.478 e. The lowest BCUT2D eigenvalue weighted by molar-refractivity contribution is 0.0698. The number of para-hydroxylation sites is 1. The lowest BCUT2D eigenvalue weighted by Crippen LogP contribution is -2.18. The molecule has 0 spiro atoms. The van der Waals surface area contributed by atoms with E-state index in [9.17, 15) is 4.79 Å². The highest BCUT2D eigenvalue weighted by Gasteiger charge is 2.41. The molecule has 4 N–H and O–H groups in total. The minimum atomic E-state index is -0.989. The molecule has 1 aliphatic carbocycles. The van der Waals surface area contributed by atoms with E-state index in [0.717, 1.165) is 6.54 Å². The molecule has 1 aromatic carbocycles. The van der Waals surface area contributed by atoms with E-state index in [0.29, 0.717) is 16.1 Å². The average molecular weight is 252 g/mol. The van der Waals surface area contributed by atoms with Gasteiger partial charge in [0.15, 0.2) is 0 Å². The number of nitrogens with one attached hydrogen (secondary N) is 1. The van der Waals surface area contributed by atoms with E-state index >= 15 is 0 Å². The van der Waals surface area contributed by atoms with Crippen LogP contribution in [0.1, 0.15) is 23.2 Å². The second kappa shape index (κ2) is 4.49. The van der Waals surface area contributed by atoms with Crippen molar-refractivity contribution in [2.24, 2.45) is 0 Å². The van der Waals surface area contributed by atoms with E-state index in [2.05, 4.69) is 11.6 Å². The van der Waals surface area contributed by atoms with Crippen molar-refractivity contribution < 1.29 is 9.90 Å². The number of carbonyl (C=O) groups is 1. The zero-order valence-corrected chi connectivity index (χ0v) is 10.5. The molecule has 92 valence electrons. The number of nitrogen functional groups attached to an aromatic ring is 1. The quantitative estimate of drug-likeness (QED) is 0.701. The first kappa shape index (κ1) is 12.1. The minimum absolute atomic E-state index is 0.156. The van der Waals surface area contributed by atoms with Gasteiger partial charge in [0.2, 0.25) is 0 Å². The molecule has 0 aliphatic heterocycles. The molecular weight excluding hydrogens is 236 g/mol. The van der Waals surface area contributed by atoms with Crippen molar-refractivity contribution in [1.29, 1.82) is 0 Å². The number of aromatic carboxylic acids is 1. The average Bonchev–Trinajstić information content (AvgIpc) is 3.08. The van der Waals surface area contributed by atoms with Crippen LogP contribution in [0.5, 0.6) is 0 Å². The summed E-state index contributed by atoms with van der Waals surface area (Å²) in [6.07, 6.45) is 4.52. The van der Waals surface area contributed by atoms with Crippen molar-refractivity contribution in [1.82, 2.24) is 0 Å².